The molecule has 2 aromatic rings. The summed E-state index contributed by atoms with van der Waals surface area (Å²) in [5.41, 5.74) is 2.10. The lowest BCUT2D eigenvalue weighted by Gasteiger charge is -2.17. The van der Waals surface area contributed by atoms with Crippen molar-refractivity contribution in [2.24, 2.45) is 0 Å². The molecule has 5 nitrogen and oxygen atoms in total. The first-order chi connectivity index (χ1) is 9.75. The molecule has 0 radical (unpaired) electrons. The molecule has 0 spiro atoms. The zero-order valence-corrected chi connectivity index (χ0v) is 11.3. The molecule has 1 aromatic heterocycles. The topological polar surface area (TPSA) is 64.4 Å². The standard InChI is InChI=1S/C15H16N2O3/c1-10-12(9-20-17-10)15(18)16-13-6-4-8-19-14-7-3-2-5-11(13)14/h2-3,5,7,9,13H,4,6,8H2,1H3,(H,16,18). The summed E-state index contributed by atoms with van der Waals surface area (Å²) in [6.45, 7) is 2.43. The maximum Gasteiger partial charge on any atom is 0.256 e. The van der Waals surface area contributed by atoms with Crippen LogP contribution < -0.4 is 10.1 Å². The zero-order valence-electron chi connectivity index (χ0n) is 11.3. The Morgan fingerprint density at radius 3 is 3.05 bits per heavy atom. The lowest BCUT2D eigenvalue weighted by molar-refractivity contribution is 0.0933. The van der Waals surface area contributed by atoms with E-state index in [0.717, 1.165) is 24.2 Å². The third-order valence-corrected chi connectivity index (χ3v) is 3.49. The van der Waals surface area contributed by atoms with E-state index in [1.54, 1.807) is 6.92 Å². The van der Waals surface area contributed by atoms with Crippen LogP contribution in [0.4, 0.5) is 0 Å². The highest BCUT2D eigenvalue weighted by Crippen LogP contribution is 2.31. The lowest BCUT2D eigenvalue weighted by Crippen LogP contribution is -2.28. The number of nitrogens with one attached hydrogen (secondary N) is 1. The van der Waals surface area contributed by atoms with Crippen LogP contribution >= 0.6 is 0 Å². The molecule has 0 fully saturated rings. The second kappa shape index (κ2) is 5.36. The van der Waals surface area contributed by atoms with Gasteiger partial charge in [-0.3, -0.25) is 4.79 Å². The summed E-state index contributed by atoms with van der Waals surface area (Å²) in [6.07, 6.45) is 3.14. The van der Waals surface area contributed by atoms with Crippen molar-refractivity contribution < 1.29 is 14.1 Å². The molecule has 0 saturated heterocycles. The Morgan fingerprint density at radius 2 is 2.25 bits per heavy atom. The minimum atomic E-state index is -0.162. The third kappa shape index (κ3) is 2.39. The van der Waals surface area contributed by atoms with E-state index in [1.165, 1.54) is 6.26 Å². The van der Waals surface area contributed by atoms with Crippen molar-refractivity contribution in [3.63, 3.8) is 0 Å². The maximum atomic E-state index is 12.3. The van der Waals surface area contributed by atoms with Gasteiger partial charge in [0, 0.05) is 5.56 Å². The van der Waals surface area contributed by atoms with Gasteiger partial charge in [0.15, 0.2) is 0 Å². The van der Waals surface area contributed by atoms with Gasteiger partial charge in [-0.05, 0) is 25.8 Å². The zero-order chi connectivity index (χ0) is 13.9. The van der Waals surface area contributed by atoms with Crippen molar-refractivity contribution in [2.45, 2.75) is 25.8 Å². The highest BCUT2D eigenvalue weighted by Gasteiger charge is 2.23. The molecule has 0 saturated carbocycles. The molecule has 104 valence electrons. The molecule has 5 heteroatoms. The van der Waals surface area contributed by atoms with Crippen LogP contribution in [0, 0.1) is 6.92 Å². The van der Waals surface area contributed by atoms with Crippen LogP contribution in [0.2, 0.25) is 0 Å². The lowest BCUT2D eigenvalue weighted by atomic mass is 10.0. The molecular formula is C15H16N2O3. The number of rotatable bonds is 2. The molecule has 20 heavy (non-hydrogen) atoms. The number of hydrogen-bond acceptors (Lipinski definition) is 4. The number of amides is 1. The molecule has 2 heterocycles. The van der Waals surface area contributed by atoms with E-state index < -0.39 is 0 Å². The summed E-state index contributed by atoms with van der Waals surface area (Å²) in [5.74, 6) is 0.683. The first-order valence-corrected chi connectivity index (χ1v) is 6.69. The summed E-state index contributed by atoms with van der Waals surface area (Å²) in [4.78, 5) is 12.3. The van der Waals surface area contributed by atoms with Gasteiger partial charge in [-0.15, -0.1) is 0 Å². The minimum Gasteiger partial charge on any atom is -0.493 e. The summed E-state index contributed by atoms with van der Waals surface area (Å²) in [6, 6.07) is 7.77. The summed E-state index contributed by atoms with van der Waals surface area (Å²) < 4.78 is 10.5. The molecule has 1 N–H and O–H groups in total. The van der Waals surface area contributed by atoms with Crippen molar-refractivity contribution in [3.05, 3.63) is 47.3 Å². The number of ether oxygens (including phenoxy) is 1. The highest BCUT2D eigenvalue weighted by molar-refractivity contribution is 5.95. The van der Waals surface area contributed by atoms with E-state index in [0.29, 0.717) is 17.9 Å². The predicted octanol–water partition coefficient (Wildman–Crippen LogP) is 2.63. The van der Waals surface area contributed by atoms with Crippen LogP contribution in [0.3, 0.4) is 0 Å². The Kier molecular flexibility index (Phi) is 3.41. The summed E-state index contributed by atoms with van der Waals surface area (Å²) in [7, 11) is 0. The molecule has 1 aliphatic heterocycles. The van der Waals surface area contributed by atoms with Crippen molar-refractivity contribution in [3.8, 4) is 5.75 Å². The average molecular weight is 272 g/mol. The number of nitrogens with zero attached hydrogens (tertiary/aromatic N) is 1. The molecule has 0 aliphatic carbocycles. The second-order valence-electron chi connectivity index (χ2n) is 4.87. The number of benzene rings is 1. The van der Waals surface area contributed by atoms with Gasteiger partial charge >= 0.3 is 0 Å². The van der Waals surface area contributed by atoms with E-state index in [9.17, 15) is 4.79 Å². The molecule has 1 aromatic carbocycles. The Hall–Kier alpha value is -2.30. The Morgan fingerprint density at radius 1 is 1.40 bits per heavy atom. The molecule has 0 bridgehead atoms. The van der Waals surface area contributed by atoms with E-state index in [2.05, 4.69) is 10.5 Å². The van der Waals surface area contributed by atoms with Crippen molar-refractivity contribution in [1.82, 2.24) is 10.5 Å². The van der Waals surface area contributed by atoms with Gasteiger partial charge in [0.25, 0.3) is 5.91 Å². The number of hydrogen-bond donors (Lipinski definition) is 1. The number of aromatic nitrogens is 1. The predicted molar refractivity (Wildman–Crippen MR) is 72.6 cm³/mol. The van der Waals surface area contributed by atoms with E-state index >= 15 is 0 Å². The Bertz CT molecular complexity index is 621. The maximum absolute atomic E-state index is 12.3. The Balaban J connectivity index is 1.84. The number of carbonyl (C=O) groups excluding carboxylic acids is 1. The molecule has 1 unspecified atom stereocenters. The minimum absolute atomic E-state index is 0.0458. The monoisotopic (exact) mass is 272 g/mol. The summed E-state index contributed by atoms with van der Waals surface area (Å²) >= 11 is 0. The van der Waals surface area contributed by atoms with Crippen LogP contribution in [0.25, 0.3) is 0 Å². The summed E-state index contributed by atoms with van der Waals surface area (Å²) in [5, 5.41) is 6.77. The molecule has 1 atom stereocenters. The highest BCUT2D eigenvalue weighted by atomic mass is 16.5. The van der Waals surface area contributed by atoms with Crippen molar-refractivity contribution in [1.29, 1.82) is 0 Å². The van der Waals surface area contributed by atoms with Gasteiger partial charge in [-0.2, -0.15) is 0 Å². The van der Waals surface area contributed by atoms with E-state index in [1.807, 2.05) is 24.3 Å². The fourth-order valence-corrected chi connectivity index (χ4v) is 2.42. The van der Waals surface area contributed by atoms with Gasteiger partial charge in [0.2, 0.25) is 0 Å². The van der Waals surface area contributed by atoms with Gasteiger partial charge in [-0.25, -0.2) is 0 Å². The van der Waals surface area contributed by atoms with E-state index in [-0.39, 0.29) is 11.9 Å². The van der Waals surface area contributed by atoms with Crippen LogP contribution in [-0.4, -0.2) is 17.7 Å². The fraction of sp³-hybridized carbons (Fsp3) is 0.333. The average Bonchev–Trinajstić information content (AvgIpc) is 2.78. The fourth-order valence-electron chi connectivity index (χ4n) is 2.42. The third-order valence-electron chi connectivity index (χ3n) is 3.49. The number of aryl methyl sites for hydroxylation is 1. The van der Waals surface area contributed by atoms with E-state index in [4.69, 9.17) is 9.26 Å². The largest absolute Gasteiger partial charge is 0.493 e. The number of carbonyl (C=O) groups is 1. The van der Waals surface area contributed by atoms with Gasteiger partial charge < -0.3 is 14.6 Å². The van der Waals surface area contributed by atoms with Crippen LogP contribution in [0.1, 0.15) is 40.5 Å². The van der Waals surface area contributed by atoms with Gasteiger partial charge in [-0.1, -0.05) is 23.4 Å². The quantitative estimate of drug-likeness (QED) is 0.912. The molecule has 1 amide bonds. The van der Waals surface area contributed by atoms with Crippen LogP contribution in [-0.2, 0) is 0 Å². The first-order valence-electron chi connectivity index (χ1n) is 6.69. The SMILES string of the molecule is Cc1nocc1C(=O)NC1CCCOc2ccccc21. The molecule has 1 aliphatic rings. The van der Waals surface area contributed by atoms with Crippen LogP contribution in [0.5, 0.6) is 5.75 Å². The van der Waals surface area contributed by atoms with Crippen LogP contribution in [0.15, 0.2) is 35.1 Å². The first kappa shape index (κ1) is 12.7. The molecule has 3 rings (SSSR count). The number of fused-ring (bicyclic) bond motifs is 1. The van der Waals surface area contributed by atoms with Gasteiger partial charge in [0.05, 0.1) is 18.3 Å². The van der Waals surface area contributed by atoms with Crippen molar-refractivity contribution in [2.75, 3.05) is 6.61 Å². The smallest absolute Gasteiger partial charge is 0.256 e. The van der Waals surface area contributed by atoms with Crippen molar-refractivity contribution >= 4 is 5.91 Å². The number of para-hydroxylation sites is 1. The molecular weight excluding hydrogens is 256 g/mol. The van der Waals surface area contributed by atoms with Gasteiger partial charge in [0.1, 0.15) is 17.6 Å². The Labute approximate surface area is 116 Å². The second-order valence-corrected chi connectivity index (χ2v) is 4.87. The normalized spacial score (nSPS) is 17.8.